The molecule has 0 unspecified atom stereocenters. The highest BCUT2D eigenvalue weighted by atomic mass is 32.2. The standard InChI is InChI=1S/C15H13NO2S/c17-13-14(10-6-2-1-3-7-10)19-12-9-5-4-8-11(12)16-15(13)18/h1-9,13-14,17H,(H,16,18)/t13-,14-/m1/s1. The Morgan fingerprint density at radius 3 is 2.47 bits per heavy atom. The van der Waals surface area contributed by atoms with Crippen molar-refractivity contribution in [1.82, 2.24) is 0 Å². The number of carbonyl (C=O) groups is 1. The first-order valence-corrected chi connectivity index (χ1v) is 6.93. The molecular weight excluding hydrogens is 258 g/mol. The van der Waals surface area contributed by atoms with Crippen molar-refractivity contribution in [3.63, 3.8) is 0 Å². The van der Waals surface area contributed by atoms with Gasteiger partial charge in [0.05, 0.1) is 10.9 Å². The van der Waals surface area contributed by atoms with Crippen LogP contribution in [0.3, 0.4) is 0 Å². The number of hydrogen-bond donors (Lipinski definition) is 2. The monoisotopic (exact) mass is 271 g/mol. The van der Waals surface area contributed by atoms with Gasteiger partial charge in [-0.3, -0.25) is 4.79 Å². The number of fused-ring (bicyclic) bond motifs is 1. The molecule has 1 aliphatic heterocycles. The number of rotatable bonds is 1. The normalized spacial score (nSPS) is 22.3. The summed E-state index contributed by atoms with van der Waals surface area (Å²) >= 11 is 1.51. The number of hydrogen-bond acceptors (Lipinski definition) is 3. The maximum absolute atomic E-state index is 12.0. The van der Waals surface area contributed by atoms with E-state index < -0.39 is 6.10 Å². The molecule has 2 aromatic carbocycles. The first-order valence-electron chi connectivity index (χ1n) is 6.05. The number of carbonyl (C=O) groups excluding carboxylic acids is 1. The topological polar surface area (TPSA) is 49.3 Å². The number of nitrogens with one attached hydrogen (secondary N) is 1. The number of anilines is 1. The predicted octanol–water partition coefficient (Wildman–Crippen LogP) is 2.83. The average Bonchev–Trinajstić information content (AvgIpc) is 2.58. The minimum atomic E-state index is -1.06. The van der Waals surface area contributed by atoms with Gasteiger partial charge in [0, 0.05) is 4.90 Å². The lowest BCUT2D eigenvalue weighted by Crippen LogP contribution is -2.30. The first kappa shape index (κ1) is 12.3. The molecular formula is C15H13NO2S. The summed E-state index contributed by atoms with van der Waals surface area (Å²) in [5.41, 5.74) is 1.71. The van der Waals surface area contributed by atoms with Crippen LogP contribution in [0.4, 0.5) is 5.69 Å². The first-order chi connectivity index (χ1) is 9.25. The van der Waals surface area contributed by atoms with Crippen molar-refractivity contribution in [1.29, 1.82) is 0 Å². The van der Waals surface area contributed by atoms with Crippen molar-refractivity contribution in [2.24, 2.45) is 0 Å². The smallest absolute Gasteiger partial charge is 0.254 e. The number of thioether (sulfide) groups is 1. The summed E-state index contributed by atoms with van der Waals surface area (Å²) in [6.45, 7) is 0. The summed E-state index contributed by atoms with van der Waals surface area (Å²) in [7, 11) is 0. The fourth-order valence-corrected chi connectivity index (χ4v) is 3.33. The van der Waals surface area contributed by atoms with Gasteiger partial charge >= 0.3 is 0 Å². The van der Waals surface area contributed by atoms with E-state index in [2.05, 4.69) is 5.32 Å². The van der Waals surface area contributed by atoms with Crippen LogP contribution in [0.15, 0.2) is 59.5 Å². The Morgan fingerprint density at radius 2 is 1.68 bits per heavy atom. The molecule has 4 heteroatoms. The summed E-state index contributed by atoms with van der Waals surface area (Å²) in [6.07, 6.45) is -1.06. The van der Waals surface area contributed by atoms with Crippen LogP contribution in [0, 0.1) is 0 Å². The predicted molar refractivity (Wildman–Crippen MR) is 76.1 cm³/mol. The minimum absolute atomic E-state index is 0.287. The van der Waals surface area contributed by atoms with Gasteiger partial charge in [-0.25, -0.2) is 0 Å². The highest BCUT2D eigenvalue weighted by molar-refractivity contribution is 7.99. The fraction of sp³-hybridized carbons (Fsp3) is 0.133. The van der Waals surface area contributed by atoms with Crippen LogP contribution in [0.5, 0.6) is 0 Å². The van der Waals surface area contributed by atoms with Gasteiger partial charge in [-0.05, 0) is 17.7 Å². The zero-order valence-electron chi connectivity index (χ0n) is 10.1. The Bertz CT molecular complexity index is 600. The lowest BCUT2D eigenvalue weighted by Gasteiger charge is -2.18. The van der Waals surface area contributed by atoms with Crippen LogP contribution >= 0.6 is 11.8 Å². The van der Waals surface area contributed by atoms with E-state index in [0.29, 0.717) is 0 Å². The molecule has 19 heavy (non-hydrogen) atoms. The highest BCUT2D eigenvalue weighted by Crippen LogP contribution is 2.43. The summed E-state index contributed by atoms with van der Waals surface area (Å²) in [4.78, 5) is 13.0. The lowest BCUT2D eigenvalue weighted by atomic mass is 10.1. The van der Waals surface area contributed by atoms with Crippen LogP contribution < -0.4 is 5.32 Å². The molecule has 0 aromatic heterocycles. The third kappa shape index (κ3) is 2.37. The Morgan fingerprint density at radius 1 is 1.00 bits per heavy atom. The summed E-state index contributed by atoms with van der Waals surface area (Å²) in [5, 5.41) is 12.7. The zero-order chi connectivity index (χ0) is 13.2. The van der Waals surface area contributed by atoms with E-state index in [4.69, 9.17) is 0 Å². The van der Waals surface area contributed by atoms with Gasteiger partial charge in [-0.1, -0.05) is 42.5 Å². The average molecular weight is 271 g/mol. The van der Waals surface area contributed by atoms with Gasteiger partial charge in [0.2, 0.25) is 0 Å². The number of aliphatic hydroxyl groups is 1. The number of aliphatic hydroxyl groups excluding tert-OH is 1. The molecule has 0 bridgehead atoms. The van der Waals surface area contributed by atoms with Gasteiger partial charge in [-0.15, -0.1) is 11.8 Å². The molecule has 2 atom stereocenters. The van der Waals surface area contributed by atoms with Crippen molar-refractivity contribution in [3.05, 3.63) is 60.2 Å². The molecule has 96 valence electrons. The van der Waals surface area contributed by atoms with Gasteiger partial charge in [-0.2, -0.15) is 0 Å². The van der Waals surface area contributed by atoms with Crippen LogP contribution in [-0.4, -0.2) is 17.1 Å². The molecule has 3 rings (SSSR count). The van der Waals surface area contributed by atoms with Crippen molar-refractivity contribution in [2.75, 3.05) is 5.32 Å². The van der Waals surface area contributed by atoms with Crippen molar-refractivity contribution in [2.45, 2.75) is 16.2 Å². The summed E-state index contributed by atoms with van der Waals surface area (Å²) < 4.78 is 0. The van der Waals surface area contributed by atoms with Crippen LogP contribution in [0.25, 0.3) is 0 Å². The molecule has 0 radical (unpaired) electrons. The highest BCUT2D eigenvalue weighted by Gasteiger charge is 2.32. The third-order valence-corrected chi connectivity index (χ3v) is 4.48. The Hall–Kier alpha value is -1.78. The second-order valence-corrected chi connectivity index (χ2v) is 5.56. The summed E-state index contributed by atoms with van der Waals surface area (Å²) in [5.74, 6) is -0.355. The second kappa shape index (κ2) is 5.07. The Kier molecular flexibility index (Phi) is 3.27. The van der Waals surface area contributed by atoms with Crippen LogP contribution in [0.2, 0.25) is 0 Å². The van der Waals surface area contributed by atoms with E-state index >= 15 is 0 Å². The van der Waals surface area contributed by atoms with E-state index in [1.54, 1.807) is 0 Å². The van der Waals surface area contributed by atoms with Gasteiger partial charge in [0.15, 0.2) is 0 Å². The van der Waals surface area contributed by atoms with E-state index in [1.807, 2.05) is 54.6 Å². The molecule has 0 fully saturated rings. The molecule has 1 heterocycles. The third-order valence-electron chi connectivity index (χ3n) is 3.08. The van der Waals surface area contributed by atoms with Crippen LogP contribution in [0.1, 0.15) is 10.8 Å². The fourth-order valence-electron chi connectivity index (χ4n) is 2.11. The number of amides is 1. The van der Waals surface area contributed by atoms with Crippen molar-refractivity contribution in [3.8, 4) is 0 Å². The Labute approximate surface area is 115 Å². The zero-order valence-corrected chi connectivity index (χ0v) is 10.9. The molecule has 0 saturated heterocycles. The van der Waals surface area contributed by atoms with Crippen molar-refractivity contribution >= 4 is 23.4 Å². The number of para-hydroxylation sites is 1. The van der Waals surface area contributed by atoms with Crippen molar-refractivity contribution < 1.29 is 9.90 Å². The van der Waals surface area contributed by atoms with E-state index in [-0.39, 0.29) is 11.2 Å². The van der Waals surface area contributed by atoms with E-state index in [9.17, 15) is 9.90 Å². The van der Waals surface area contributed by atoms with E-state index in [0.717, 1.165) is 16.1 Å². The van der Waals surface area contributed by atoms with Gasteiger partial charge in [0.1, 0.15) is 6.10 Å². The van der Waals surface area contributed by atoms with E-state index in [1.165, 1.54) is 11.8 Å². The van der Waals surface area contributed by atoms with Gasteiger partial charge < -0.3 is 10.4 Å². The molecule has 2 aromatic rings. The molecule has 0 aliphatic carbocycles. The van der Waals surface area contributed by atoms with Crippen LogP contribution in [-0.2, 0) is 4.79 Å². The Balaban J connectivity index is 2.03. The SMILES string of the molecule is O=C1Nc2ccccc2S[C@H](c2ccccc2)[C@H]1O. The summed E-state index contributed by atoms with van der Waals surface area (Å²) in [6, 6.07) is 17.2. The molecule has 0 spiro atoms. The molecule has 0 saturated carbocycles. The number of benzene rings is 2. The molecule has 2 N–H and O–H groups in total. The second-order valence-electron chi connectivity index (χ2n) is 4.38. The largest absolute Gasteiger partial charge is 0.382 e. The lowest BCUT2D eigenvalue weighted by molar-refractivity contribution is -0.124. The van der Waals surface area contributed by atoms with Gasteiger partial charge in [0.25, 0.3) is 5.91 Å². The maximum Gasteiger partial charge on any atom is 0.254 e. The molecule has 3 nitrogen and oxygen atoms in total. The molecule has 1 aliphatic rings. The quantitative estimate of drug-likeness (QED) is 0.838. The molecule has 1 amide bonds. The maximum atomic E-state index is 12.0. The minimum Gasteiger partial charge on any atom is -0.382 e.